The van der Waals surface area contributed by atoms with Crippen molar-refractivity contribution in [3.63, 3.8) is 0 Å². The number of hydrogen-bond donors (Lipinski definition) is 1. The van der Waals surface area contributed by atoms with Gasteiger partial charge in [-0.1, -0.05) is 6.07 Å². The number of hydrogen-bond acceptors (Lipinski definition) is 7. The first kappa shape index (κ1) is 21.5. The van der Waals surface area contributed by atoms with Crippen molar-refractivity contribution in [2.24, 2.45) is 5.84 Å². The summed E-state index contributed by atoms with van der Waals surface area (Å²) in [6.07, 6.45) is 9.77. The largest absolute Gasteiger partial charge is 0.290 e. The van der Waals surface area contributed by atoms with Crippen molar-refractivity contribution >= 4 is 16.6 Å². The van der Waals surface area contributed by atoms with Crippen LogP contribution in [0.25, 0.3) is 33.3 Å². The Morgan fingerprint density at radius 3 is 2.50 bits per heavy atom. The molecule has 0 radical (unpaired) electrons. The Morgan fingerprint density at radius 1 is 0.853 bits per heavy atom. The van der Waals surface area contributed by atoms with Gasteiger partial charge in [0.15, 0.2) is 5.82 Å². The molecule has 34 heavy (non-hydrogen) atoms. The van der Waals surface area contributed by atoms with Crippen LogP contribution in [-0.2, 0) is 6.54 Å². The zero-order chi connectivity index (χ0) is 23.7. The molecule has 0 saturated carbocycles. The molecule has 0 aromatic carbocycles. The Labute approximate surface area is 196 Å². The van der Waals surface area contributed by atoms with E-state index in [2.05, 4.69) is 31.0 Å². The maximum atomic E-state index is 13.6. The van der Waals surface area contributed by atoms with Crippen molar-refractivity contribution in [2.75, 3.05) is 5.01 Å². The number of halogens is 1. The van der Waals surface area contributed by atoms with E-state index in [0.717, 1.165) is 38.9 Å². The fraction of sp³-hybridized carbons (Fsp3) is 0.115. The van der Waals surface area contributed by atoms with Gasteiger partial charge in [-0.15, -0.1) is 0 Å². The minimum Gasteiger partial charge on any atom is -0.290 e. The molecule has 5 aromatic heterocycles. The van der Waals surface area contributed by atoms with Gasteiger partial charge in [-0.05, 0) is 60.7 Å². The van der Waals surface area contributed by atoms with E-state index in [-0.39, 0.29) is 0 Å². The van der Waals surface area contributed by atoms with Crippen molar-refractivity contribution in [2.45, 2.75) is 20.4 Å². The van der Waals surface area contributed by atoms with E-state index in [0.29, 0.717) is 23.6 Å². The summed E-state index contributed by atoms with van der Waals surface area (Å²) in [6.45, 7) is 4.42. The predicted molar refractivity (Wildman–Crippen MR) is 130 cm³/mol. The summed E-state index contributed by atoms with van der Waals surface area (Å²) in [5.74, 6) is 6.62. The van der Waals surface area contributed by atoms with Crippen LogP contribution in [0.5, 0.6) is 0 Å². The van der Waals surface area contributed by atoms with Crippen LogP contribution in [0, 0.1) is 19.7 Å². The minimum atomic E-state index is -0.406. The highest BCUT2D eigenvalue weighted by molar-refractivity contribution is 5.93. The third-order valence-corrected chi connectivity index (χ3v) is 5.56. The van der Waals surface area contributed by atoms with Gasteiger partial charge in [-0.3, -0.25) is 24.9 Å². The molecule has 0 saturated heterocycles. The van der Waals surface area contributed by atoms with Gasteiger partial charge in [0.1, 0.15) is 5.82 Å². The number of pyridine rings is 5. The monoisotopic (exact) mass is 451 g/mol. The van der Waals surface area contributed by atoms with Gasteiger partial charge in [0.25, 0.3) is 0 Å². The summed E-state index contributed by atoms with van der Waals surface area (Å²) in [4.78, 5) is 21.8. The van der Waals surface area contributed by atoms with Gasteiger partial charge < -0.3 is 0 Å². The molecule has 168 valence electrons. The highest BCUT2D eigenvalue weighted by Crippen LogP contribution is 2.28. The third-order valence-electron chi connectivity index (χ3n) is 5.56. The van der Waals surface area contributed by atoms with E-state index in [9.17, 15) is 4.39 Å². The molecular formula is C26H22FN7. The molecule has 0 aliphatic carbocycles. The molecule has 0 aliphatic heterocycles. The molecule has 2 N–H and O–H groups in total. The average molecular weight is 452 g/mol. The maximum Gasteiger partial charge on any atom is 0.152 e. The fourth-order valence-corrected chi connectivity index (χ4v) is 3.98. The molecule has 0 atom stereocenters. The van der Waals surface area contributed by atoms with Gasteiger partial charge in [-0.25, -0.2) is 15.2 Å². The summed E-state index contributed by atoms with van der Waals surface area (Å²) in [5.41, 5.74) is 6.15. The second-order valence-electron chi connectivity index (χ2n) is 8.14. The molecule has 7 nitrogen and oxygen atoms in total. The first-order chi connectivity index (χ1) is 16.5. The number of hydrazine groups is 1. The molecule has 5 aromatic rings. The maximum absolute atomic E-state index is 13.6. The van der Waals surface area contributed by atoms with Gasteiger partial charge in [0.05, 0.1) is 24.1 Å². The fourth-order valence-electron chi connectivity index (χ4n) is 3.98. The summed E-state index contributed by atoms with van der Waals surface area (Å²) in [7, 11) is 0. The molecule has 0 aliphatic rings. The molecule has 0 bridgehead atoms. The molecule has 0 amide bonds. The number of aromatic nitrogens is 5. The summed E-state index contributed by atoms with van der Waals surface area (Å²) < 4.78 is 13.6. The second-order valence-corrected chi connectivity index (χ2v) is 8.14. The van der Waals surface area contributed by atoms with Crippen molar-refractivity contribution in [1.82, 2.24) is 24.9 Å². The Hall–Kier alpha value is -4.30. The van der Waals surface area contributed by atoms with Crippen molar-refractivity contribution in [3.8, 4) is 22.5 Å². The van der Waals surface area contributed by atoms with Crippen LogP contribution in [0.2, 0.25) is 0 Å². The lowest BCUT2D eigenvalue weighted by atomic mass is 10.1. The third kappa shape index (κ3) is 4.31. The highest BCUT2D eigenvalue weighted by atomic mass is 19.1. The van der Waals surface area contributed by atoms with Crippen LogP contribution in [0.15, 0.2) is 73.6 Å². The van der Waals surface area contributed by atoms with Crippen molar-refractivity contribution in [1.29, 1.82) is 0 Å². The quantitative estimate of drug-likeness (QED) is 0.303. The van der Waals surface area contributed by atoms with Gasteiger partial charge in [0, 0.05) is 53.2 Å². The van der Waals surface area contributed by atoms with Gasteiger partial charge >= 0.3 is 0 Å². The summed E-state index contributed by atoms with van der Waals surface area (Å²) >= 11 is 0. The molecule has 5 rings (SSSR count). The van der Waals surface area contributed by atoms with Crippen molar-refractivity contribution < 1.29 is 4.39 Å². The Kier molecular flexibility index (Phi) is 5.65. The van der Waals surface area contributed by atoms with E-state index in [1.165, 1.54) is 12.3 Å². The lowest BCUT2D eigenvalue weighted by molar-refractivity contribution is 0.622. The standard InChI is InChI=1S/C26H22FN7/c1-16-7-18(11-33-25(16)20-4-5-30-17(2)8-20)15-34(28)26-23-14-32-24(10-19(23)3-6-31-26)21-9-22(27)13-29-12-21/h3-14H,15,28H2,1-2H3. The van der Waals surface area contributed by atoms with Crippen molar-refractivity contribution in [3.05, 3.63) is 96.2 Å². The van der Waals surface area contributed by atoms with Gasteiger partial charge in [0.2, 0.25) is 0 Å². The number of aryl methyl sites for hydroxylation is 2. The normalized spacial score (nSPS) is 11.1. The lowest BCUT2D eigenvalue weighted by Crippen LogP contribution is -2.31. The zero-order valence-electron chi connectivity index (χ0n) is 18.8. The number of anilines is 1. The van der Waals surface area contributed by atoms with E-state index in [4.69, 9.17) is 5.84 Å². The van der Waals surface area contributed by atoms with Crippen LogP contribution in [0.3, 0.4) is 0 Å². The number of nitrogens with two attached hydrogens (primary N) is 1. The molecule has 8 heteroatoms. The van der Waals surface area contributed by atoms with Crippen LogP contribution >= 0.6 is 0 Å². The van der Waals surface area contributed by atoms with Crippen LogP contribution in [0.4, 0.5) is 10.2 Å². The topological polar surface area (TPSA) is 93.7 Å². The zero-order valence-corrected chi connectivity index (χ0v) is 18.8. The smallest absolute Gasteiger partial charge is 0.152 e. The summed E-state index contributed by atoms with van der Waals surface area (Å²) in [5, 5.41) is 3.28. The van der Waals surface area contributed by atoms with Gasteiger partial charge in [-0.2, -0.15) is 0 Å². The number of nitrogens with zero attached hydrogens (tertiary/aromatic N) is 6. The SMILES string of the molecule is Cc1cc(-c2ncc(CN(N)c3nccc4cc(-c5cncc(F)c5)ncc34)cc2C)ccn1. The first-order valence-corrected chi connectivity index (χ1v) is 10.7. The van der Waals surface area contributed by atoms with Crippen LogP contribution in [-0.4, -0.2) is 24.9 Å². The predicted octanol–water partition coefficient (Wildman–Crippen LogP) is 4.79. The molecule has 5 heterocycles. The number of fused-ring (bicyclic) bond motifs is 1. The Balaban J connectivity index is 1.42. The lowest BCUT2D eigenvalue weighted by Gasteiger charge is -2.20. The molecular weight excluding hydrogens is 429 g/mol. The van der Waals surface area contributed by atoms with E-state index in [1.54, 1.807) is 29.8 Å². The van der Waals surface area contributed by atoms with E-state index in [1.807, 2.05) is 44.3 Å². The minimum absolute atomic E-state index is 0.406. The van der Waals surface area contributed by atoms with E-state index < -0.39 is 5.82 Å². The second kappa shape index (κ2) is 8.92. The summed E-state index contributed by atoms with van der Waals surface area (Å²) in [6, 6.07) is 11.2. The molecule has 0 unspecified atom stereocenters. The van der Waals surface area contributed by atoms with Crippen LogP contribution < -0.4 is 10.9 Å². The van der Waals surface area contributed by atoms with E-state index >= 15 is 0 Å². The average Bonchev–Trinajstić information content (AvgIpc) is 2.83. The molecule has 0 fully saturated rings. The Bertz CT molecular complexity index is 1500. The Morgan fingerprint density at radius 2 is 1.71 bits per heavy atom. The highest BCUT2D eigenvalue weighted by Gasteiger charge is 2.13. The number of rotatable bonds is 5. The molecule has 0 spiro atoms. The first-order valence-electron chi connectivity index (χ1n) is 10.7. The van der Waals surface area contributed by atoms with Crippen LogP contribution in [0.1, 0.15) is 16.8 Å².